The summed E-state index contributed by atoms with van der Waals surface area (Å²) in [7, 11) is 0. The summed E-state index contributed by atoms with van der Waals surface area (Å²) in [5.74, 6) is -4.91. The SMILES string of the molecule is CC1NCCCC1C(=O)Nc1ccc(F)c(F)c1F. The number of anilines is 1. The third kappa shape index (κ3) is 2.89. The average Bonchev–Trinajstić information content (AvgIpc) is 2.40. The first-order chi connectivity index (χ1) is 9.00. The summed E-state index contributed by atoms with van der Waals surface area (Å²) in [5, 5.41) is 5.46. The highest BCUT2D eigenvalue weighted by Gasteiger charge is 2.28. The molecule has 2 atom stereocenters. The van der Waals surface area contributed by atoms with Crippen LogP contribution in [0.1, 0.15) is 19.8 Å². The maximum atomic E-state index is 13.4. The monoisotopic (exact) mass is 272 g/mol. The normalized spacial score (nSPS) is 23.2. The van der Waals surface area contributed by atoms with Gasteiger partial charge in [-0.1, -0.05) is 0 Å². The zero-order valence-electron chi connectivity index (χ0n) is 10.5. The lowest BCUT2D eigenvalue weighted by Crippen LogP contribution is -2.44. The molecule has 0 saturated carbocycles. The predicted molar refractivity (Wildman–Crippen MR) is 65.1 cm³/mol. The van der Waals surface area contributed by atoms with Crippen LogP contribution in [0, 0.1) is 23.4 Å². The Morgan fingerprint density at radius 3 is 2.74 bits per heavy atom. The van der Waals surface area contributed by atoms with Crippen LogP contribution in [0.5, 0.6) is 0 Å². The van der Waals surface area contributed by atoms with Gasteiger partial charge in [-0.2, -0.15) is 0 Å². The molecule has 1 saturated heterocycles. The van der Waals surface area contributed by atoms with Crippen molar-refractivity contribution in [3.63, 3.8) is 0 Å². The molecular weight excluding hydrogens is 257 g/mol. The van der Waals surface area contributed by atoms with E-state index in [4.69, 9.17) is 0 Å². The summed E-state index contributed by atoms with van der Waals surface area (Å²) in [4.78, 5) is 12.0. The maximum absolute atomic E-state index is 13.4. The van der Waals surface area contributed by atoms with E-state index in [0.29, 0.717) is 6.42 Å². The van der Waals surface area contributed by atoms with E-state index in [-0.39, 0.29) is 23.6 Å². The second kappa shape index (κ2) is 5.61. The van der Waals surface area contributed by atoms with Gasteiger partial charge in [0.25, 0.3) is 0 Å². The number of rotatable bonds is 2. The lowest BCUT2D eigenvalue weighted by Gasteiger charge is -2.28. The highest BCUT2D eigenvalue weighted by molar-refractivity contribution is 5.93. The van der Waals surface area contributed by atoms with Gasteiger partial charge in [0, 0.05) is 6.04 Å². The van der Waals surface area contributed by atoms with Gasteiger partial charge < -0.3 is 10.6 Å². The van der Waals surface area contributed by atoms with Crippen LogP contribution < -0.4 is 10.6 Å². The third-order valence-corrected chi connectivity index (χ3v) is 3.39. The standard InChI is InChI=1S/C13H15F3N2O/c1-7-8(3-2-6-17-7)13(19)18-10-5-4-9(14)11(15)12(10)16/h4-5,7-8,17H,2-3,6H2,1H3,(H,18,19). The summed E-state index contributed by atoms with van der Waals surface area (Å²) in [6, 6.07) is 1.78. The summed E-state index contributed by atoms with van der Waals surface area (Å²) < 4.78 is 39.3. The molecule has 0 aliphatic carbocycles. The lowest BCUT2D eigenvalue weighted by atomic mass is 9.91. The molecule has 1 aliphatic heterocycles. The molecule has 1 aromatic rings. The summed E-state index contributed by atoms with van der Waals surface area (Å²) >= 11 is 0. The fraction of sp³-hybridized carbons (Fsp3) is 0.462. The molecule has 0 spiro atoms. The predicted octanol–water partition coefficient (Wildman–Crippen LogP) is 2.43. The minimum absolute atomic E-state index is 0.0258. The van der Waals surface area contributed by atoms with Gasteiger partial charge in [0.1, 0.15) is 0 Å². The minimum atomic E-state index is -1.58. The van der Waals surface area contributed by atoms with E-state index in [1.54, 1.807) is 0 Å². The van der Waals surface area contributed by atoms with Crippen molar-refractivity contribution in [3.8, 4) is 0 Å². The molecule has 2 unspecified atom stereocenters. The molecule has 19 heavy (non-hydrogen) atoms. The number of benzene rings is 1. The zero-order chi connectivity index (χ0) is 14.0. The average molecular weight is 272 g/mol. The molecule has 0 aromatic heterocycles. The highest BCUT2D eigenvalue weighted by Crippen LogP contribution is 2.22. The first-order valence-corrected chi connectivity index (χ1v) is 6.18. The van der Waals surface area contributed by atoms with Crippen molar-refractivity contribution < 1.29 is 18.0 Å². The molecule has 6 heteroatoms. The highest BCUT2D eigenvalue weighted by atomic mass is 19.2. The van der Waals surface area contributed by atoms with Crippen molar-refractivity contribution in [2.45, 2.75) is 25.8 Å². The lowest BCUT2D eigenvalue weighted by molar-refractivity contribution is -0.121. The Morgan fingerprint density at radius 1 is 1.32 bits per heavy atom. The number of hydrogen-bond donors (Lipinski definition) is 2. The van der Waals surface area contributed by atoms with Crippen molar-refractivity contribution in [1.29, 1.82) is 0 Å². The molecule has 0 bridgehead atoms. The summed E-state index contributed by atoms with van der Waals surface area (Å²) in [6.07, 6.45) is 1.54. The van der Waals surface area contributed by atoms with E-state index < -0.39 is 17.5 Å². The summed E-state index contributed by atoms with van der Waals surface area (Å²) in [5.41, 5.74) is -0.332. The van der Waals surface area contributed by atoms with Crippen LogP contribution in [0.4, 0.5) is 18.9 Å². The molecule has 1 amide bonds. The van der Waals surface area contributed by atoms with E-state index in [2.05, 4.69) is 10.6 Å². The molecule has 1 aromatic carbocycles. The van der Waals surface area contributed by atoms with Crippen molar-refractivity contribution >= 4 is 11.6 Å². The van der Waals surface area contributed by atoms with E-state index in [1.165, 1.54) is 0 Å². The van der Waals surface area contributed by atoms with Crippen LogP contribution in [0.15, 0.2) is 12.1 Å². The van der Waals surface area contributed by atoms with Crippen molar-refractivity contribution in [1.82, 2.24) is 5.32 Å². The quantitative estimate of drug-likeness (QED) is 0.812. The van der Waals surface area contributed by atoms with Crippen molar-refractivity contribution in [3.05, 3.63) is 29.6 Å². The number of carbonyl (C=O) groups excluding carboxylic acids is 1. The smallest absolute Gasteiger partial charge is 0.229 e. The van der Waals surface area contributed by atoms with Crippen LogP contribution in [0.2, 0.25) is 0 Å². The number of nitrogens with one attached hydrogen (secondary N) is 2. The fourth-order valence-electron chi connectivity index (χ4n) is 2.25. The third-order valence-electron chi connectivity index (χ3n) is 3.39. The molecule has 0 radical (unpaired) electrons. The Morgan fingerprint density at radius 2 is 2.05 bits per heavy atom. The number of hydrogen-bond acceptors (Lipinski definition) is 2. The van der Waals surface area contributed by atoms with Crippen LogP contribution in [-0.2, 0) is 4.79 Å². The minimum Gasteiger partial charge on any atom is -0.323 e. The van der Waals surface area contributed by atoms with Crippen LogP contribution in [0.3, 0.4) is 0 Å². The van der Waals surface area contributed by atoms with Crippen LogP contribution in [0.25, 0.3) is 0 Å². The largest absolute Gasteiger partial charge is 0.323 e. The van der Waals surface area contributed by atoms with Crippen molar-refractivity contribution in [2.75, 3.05) is 11.9 Å². The molecule has 1 fully saturated rings. The topological polar surface area (TPSA) is 41.1 Å². The molecule has 1 aliphatic rings. The molecular formula is C13H15F3N2O. The second-order valence-corrected chi connectivity index (χ2v) is 4.70. The number of piperidine rings is 1. The van der Waals surface area contributed by atoms with E-state index in [0.717, 1.165) is 25.1 Å². The first kappa shape index (κ1) is 13.9. The molecule has 1 heterocycles. The number of halogens is 3. The van der Waals surface area contributed by atoms with Gasteiger partial charge in [0.05, 0.1) is 11.6 Å². The van der Waals surface area contributed by atoms with Gasteiger partial charge >= 0.3 is 0 Å². The Labute approximate surface area is 109 Å². The number of amides is 1. The van der Waals surface area contributed by atoms with Gasteiger partial charge in [-0.25, -0.2) is 13.2 Å². The van der Waals surface area contributed by atoms with Crippen molar-refractivity contribution in [2.24, 2.45) is 5.92 Å². The first-order valence-electron chi connectivity index (χ1n) is 6.18. The van der Waals surface area contributed by atoms with Crippen LogP contribution in [-0.4, -0.2) is 18.5 Å². The van der Waals surface area contributed by atoms with Gasteiger partial charge in [-0.05, 0) is 38.4 Å². The van der Waals surface area contributed by atoms with Crippen LogP contribution >= 0.6 is 0 Å². The zero-order valence-corrected chi connectivity index (χ0v) is 10.5. The maximum Gasteiger partial charge on any atom is 0.229 e. The molecule has 2 N–H and O–H groups in total. The Hall–Kier alpha value is -1.56. The van der Waals surface area contributed by atoms with Gasteiger partial charge in [-0.3, -0.25) is 4.79 Å². The molecule has 104 valence electrons. The number of carbonyl (C=O) groups is 1. The second-order valence-electron chi connectivity index (χ2n) is 4.70. The fourth-order valence-corrected chi connectivity index (χ4v) is 2.25. The molecule has 2 rings (SSSR count). The van der Waals surface area contributed by atoms with E-state index in [9.17, 15) is 18.0 Å². The Kier molecular flexibility index (Phi) is 4.09. The van der Waals surface area contributed by atoms with Gasteiger partial charge in [0.15, 0.2) is 17.5 Å². The van der Waals surface area contributed by atoms with E-state index >= 15 is 0 Å². The van der Waals surface area contributed by atoms with Gasteiger partial charge in [-0.15, -0.1) is 0 Å². The Bertz CT molecular complexity index is 493. The summed E-state index contributed by atoms with van der Waals surface area (Å²) in [6.45, 7) is 2.70. The van der Waals surface area contributed by atoms with E-state index in [1.807, 2.05) is 6.92 Å². The molecule has 3 nitrogen and oxygen atoms in total. The Balaban J connectivity index is 2.12. The van der Waals surface area contributed by atoms with Gasteiger partial charge in [0.2, 0.25) is 5.91 Å².